The topological polar surface area (TPSA) is 112 Å². The molecule has 1 atom stereocenters. The zero-order chi connectivity index (χ0) is 21.8. The monoisotopic (exact) mass is 437 g/mol. The fourth-order valence-electron chi connectivity index (χ4n) is 3.79. The summed E-state index contributed by atoms with van der Waals surface area (Å²) in [5.41, 5.74) is 1.41. The van der Waals surface area contributed by atoms with Gasteiger partial charge in [0, 0.05) is 23.7 Å². The molecular weight excluding hydrogens is 416 g/mol. The molecule has 3 aromatic rings. The molecule has 0 aliphatic carbocycles. The molecule has 4 rings (SSSR count). The Morgan fingerprint density at radius 1 is 1.03 bits per heavy atom. The van der Waals surface area contributed by atoms with E-state index in [9.17, 15) is 18.7 Å². The Bertz CT molecular complexity index is 1090. The lowest BCUT2D eigenvalue weighted by molar-refractivity contribution is -0.125. The van der Waals surface area contributed by atoms with E-state index in [0.717, 1.165) is 11.1 Å². The standard InChI is InChI=1S/C23H22N2O5S/c26-18-8-6-17(7-9-18)23(12-14-30-15-13-23)22(27)25-21-3-1-2-20(24-21)16-4-10-19(11-5-16)31(28)29/h1-11,26H,12-15H2,(H,28,29)(H,24,25,27)/p-1. The summed E-state index contributed by atoms with van der Waals surface area (Å²) in [6, 6.07) is 18.4. The Balaban J connectivity index is 1.60. The number of carbonyl (C=O) groups excluding carboxylic acids is 1. The number of aromatic nitrogens is 1. The molecule has 1 fully saturated rings. The summed E-state index contributed by atoms with van der Waals surface area (Å²) in [4.78, 5) is 18.1. The molecule has 1 aliphatic heterocycles. The molecule has 0 bridgehead atoms. The van der Waals surface area contributed by atoms with Crippen molar-refractivity contribution in [1.29, 1.82) is 0 Å². The van der Waals surface area contributed by atoms with E-state index < -0.39 is 16.5 Å². The first kappa shape index (κ1) is 21.2. The van der Waals surface area contributed by atoms with E-state index >= 15 is 0 Å². The number of hydrogen-bond donors (Lipinski definition) is 2. The zero-order valence-corrected chi connectivity index (χ0v) is 17.4. The number of anilines is 1. The summed E-state index contributed by atoms with van der Waals surface area (Å²) >= 11 is -2.29. The lowest BCUT2D eigenvalue weighted by atomic mass is 9.73. The number of phenols is 1. The normalized spacial score (nSPS) is 16.4. The molecule has 1 aromatic heterocycles. The van der Waals surface area contributed by atoms with Gasteiger partial charge in [-0.05, 0) is 65.9 Å². The smallest absolute Gasteiger partial charge is 0.236 e. The van der Waals surface area contributed by atoms with Crippen LogP contribution in [0.4, 0.5) is 5.82 Å². The van der Waals surface area contributed by atoms with Crippen LogP contribution < -0.4 is 5.32 Å². The number of rotatable bonds is 5. The Hall–Kier alpha value is -3.07. The van der Waals surface area contributed by atoms with Crippen molar-refractivity contribution in [3.8, 4) is 17.0 Å². The van der Waals surface area contributed by atoms with Gasteiger partial charge in [0.2, 0.25) is 5.91 Å². The van der Waals surface area contributed by atoms with Gasteiger partial charge < -0.3 is 19.7 Å². The molecule has 0 radical (unpaired) electrons. The fraction of sp³-hybridized carbons (Fsp3) is 0.217. The summed E-state index contributed by atoms with van der Waals surface area (Å²) in [5, 5.41) is 12.6. The second kappa shape index (κ2) is 8.97. The number of hydrogen-bond acceptors (Lipinski definition) is 6. The van der Waals surface area contributed by atoms with Crippen LogP contribution in [0.2, 0.25) is 0 Å². The van der Waals surface area contributed by atoms with Gasteiger partial charge in [0.15, 0.2) is 0 Å². The Morgan fingerprint density at radius 3 is 2.35 bits per heavy atom. The number of phenolic OH excluding ortho intramolecular Hbond substituents is 1. The van der Waals surface area contributed by atoms with E-state index in [1.807, 2.05) is 0 Å². The number of ether oxygens (including phenoxy) is 1. The number of benzene rings is 2. The van der Waals surface area contributed by atoms with Crippen LogP contribution >= 0.6 is 0 Å². The maximum absolute atomic E-state index is 13.4. The van der Waals surface area contributed by atoms with Crippen molar-refractivity contribution in [1.82, 2.24) is 4.98 Å². The number of nitrogens with one attached hydrogen (secondary N) is 1. The maximum atomic E-state index is 13.4. The van der Waals surface area contributed by atoms with Crippen LogP contribution in [-0.2, 0) is 26.0 Å². The highest BCUT2D eigenvalue weighted by molar-refractivity contribution is 7.79. The van der Waals surface area contributed by atoms with Crippen molar-refractivity contribution in [3.63, 3.8) is 0 Å². The average Bonchev–Trinajstić information content (AvgIpc) is 2.80. The molecule has 1 unspecified atom stereocenters. The molecule has 0 saturated carbocycles. The van der Waals surface area contributed by atoms with E-state index in [4.69, 9.17) is 4.74 Å². The van der Waals surface area contributed by atoms with E-state index in [1.54, 1.807) is 54.6 Å². The van der Waals surface area contributed by atoms with E-state index in [0.29, 0.717) is 37.6 Å². The number of nitrogens with zero attached hydrogens (tertiary/aromatic N) is 1. The van der Waals surface area contributed by atoms with Crippen LogP contribution in [0.25, 0.3) is 11.3 Å². The third-order valence-electron chi connectivity index (χ3n) is 5.53. The van der Waals surface area contributed by atoms with Crippen LogP contribution in [0.5, 0.6) is 5.75 Å². The second-order valence-corrected chi connectivity index (χ2v) is 8.30. The van der Waals surface area contributed by atoms with Gasteiger partial charge in [0.1, 0.15) is 11.6 Å². The molecule has 2 heterocycles. The molecule has 160 valence electrons. The van der Waals surface area contributed by atoms with Gasteiger partial charge in [-0.2, -0.15) is 0 Å². The fourth-order valence-corrected chi connectivity index (χ4v) is 4.14. The van der Waals surface area contributed by atoms with Gasteiger partial charge in [-0.15, -0.1) is 0 Å². The SMILES string of the molecule is O=C(Nc1cccc(-c2ccc(S(=O)[O-])cc2)n1)C1(c2ccc(O)cc2)CCOCC1. The molecule has 7 nitrogen and oxygen atoms in total. The van der Waals surface area contributed by atoms with E-state index in [-0.39, 0.29) is 16.6 Å². The molecule has 1 amide bonds. The Labute approximate surface area is 182 Å². The minimum atomic E-state index is -2.29. The van der Waals surface area contributed by atoms with Gasteiger partial charge in [-0.25, -0.2) is 4.98 Å². The largest absolute Gasteiger partial charge is 0.768 e. The number of carbonyl (C=O) groups is 1. The van der Waals surface area contributed by atoms with Gasteiger partial charge in [-0.1, -0.05) is 30.3 Å². The Morgan fingerprint density at radius 2 is 1.71 bits per heavy atom. The average molecular weight is 437 g/mol. The molecule has 2 aromatic carbocycles. The number of pyridine rings is 1. The maximum Gasteiger partial charge on any atom is 0.236 e. The quantitative estimate of drug-likeness (QED) is 0.592. The van der Waals surface area contributed by atoms with Crippen molar-refractivity contribution in [2.24, 2.45) is 0 Å². The molecule has 31 heavy (non-hydrogen) atoms. The minimum Gasteiger partial charge on any atom is -0.768 e. The van der Waals surface area contributed by atoms with Crippen molar-refractivity contribution in [3.05, 3.63) is 72.3 Å². The van der Waals surface area contributed by atoms with E-state index in [1.165, 1.54) is 12.1 Å². The molecule has 1 saturated heterocycles. The lowest BCUT2D eigenvalue weighted by Gasteiger charge is -2.36. The van der Waals surface area contributed by atoms with Crippen LogP contribution in [0.3, 0.4) is 0 Å². The molecule has 8 heteroatoms. The first-order valence-corrected chi connectivity index (χ1v) is 10.9. The highest BCUT2D eigenvalue weighted by atomic mass is 32.2. The summed E-state index contributed by atoms with van der Waals surface area (Å²) in [6.07, 6.45) is 1.05. The number of aromatic hydroxyl groups is 1. The molecule has 2 N–H and O–H groups in total. The third-order valence-corrected chi connectivity index (χ3v) is 6.19. The van der Waals surface area contributed by atoms with Gasteiger partial charge >= 0.3 is 0 Å². The van der Waals surface area contributed by atoms with Crippen molar-refractivity contribution >= 4 is 22.8 Å². The first-order chi connectivity index (χ1) is 15.0. The molecule has 1 aliphatic rings. The Kier molecular flexibility index (Phi) is 6.13. The van der Waals surface area contributed by atoms with Crippen LogP contribution in [0.15, 0.2) is 71.6 Å². The van der Waals surface area contributed by atoms with Gasteiger partial charge in [0.05, 0.1) is 11.1 Å². The zero-order valence-electron chi connectivity index (χ0n) is 16.6. The summed E-state index contributed by atoms with van der Waals surface area (Å²) in [6.45, 7) is 0.935. The van der Waals surface area contributed by atoms with Gasteiger partial charge in [-0.3, -0.25) is 9.00 Å². The van der Waals surface area contributed by atoms with Crippen LogP contribution in [0.1, 0.15) is 18.4 Å². The summed E-state index contributed by atoms with van der Waals surface area (Å²) < 4.78 is 27.6. The summed E-state index contributed by atoms with van der Waals surface area (Å²) in [7, 11) is 0. The molecule has 0 spiro atoms. The first-order valence-electron chi connectivity index (χ1n) is 9.83. The van der Waals surface area contributed by atoms with Gasteiger partial charge in [0.25, 0.3) is 0 Å². The minimum absolute atomic E-state index is 0.146. The van der Waals surface area contributed by atoms with Crippen LogP contribution in [-0.4, -0.2) is 38.0 Å². The highest BCUT2D eigenvalue weighted by Crippen LogP contribution is 2.37. The predicted octanol–water partition coefficient (Wildman–Crippen LogP) is 3.38. The number of amides is 1. The van der Waals surface area contributed by atoms with Crippen molar-refractivity contribution in [2.45, 2.75) is 23.2 Å². The lowest BCUT2D eigenvalue weighted by Crippen LogP contribution is -2.45. The highest BCUT2D eigenvalue weighted by Gasteiger charge is 2.41. The second-order valence-electron chi connectivity index (χ2n) is 7.36. The third kappa shape index (κ3) is 4.51. The summed E-state index contributed by atoms with van der Waals surface area (Å²) in [5.74, 6) is 0.374. The molecular formula is C23H21N2O5S-. The predicted molar refractivity (Wildman–Crippen MR) is 115 cm³/mol. The van der Waals surface area contributed by atoms with E-state index in [2.05, 4.69) is 10.3 Å². The van der Waals surface area contributed by atoms with Crippen LogP contribution in [0, 0.1) is 0 Å². The van der Waals surface area contributed by atoms with Crippen molar-refractivity contribution in [2.75, 3.05) is 18.5 Å². The van der Waals surface area contributed by atoms with Crippen molar-refractivity contribution < 1.29 is 23.4 Å².